The molecule has 0 radical (unpaired) electrons. The molecule has 2 heterocycles. The van der Waals surface area contributed by atoms with Crippen molar-refractivity contribution < 1.29 is 23.5 Å². The lowest BCUT2D eigenvalue weighted by molar-refractivity contribution is 0.0472. The molecule has 2 aromatic heterocycles. The number of carbonyl (C=O) groups excluding carboxylic acids is 2. The summed E-state index contributed by atoms with van der Waals surface area (Å²) < 4.78 is 15.9. The Balaban J connectivity index is 1.61. The second-order valence-corrected chi connectivity index (χ2v) is 7.48. The van der Waals surface area contributed by atoms with E-state index < -0.39 is 17.6 Å². The number of esters is 2. The number of nitrogens with one attached hydrogen (secondary N) is 1. The van der Waals surface area contributed by atoms with Crippen LogP contribution in [0.2, 0.25) is 0 Å². The Labute approximate surface area is 173 Å². The maximum atomic E-state index is 12.8. The summed E-state index contributed by atoms with van der Waals surface area (Å²) >= 11 is 0. The first-order chi connectivity index (χ1) is 14.4. The van der Waals surface area contributed by atoms with Crippen molar-refractivity contribution in [2.75, 3.05) is 6.61 Å². The van der Waals surface area contributed by atoms with E-state index in [2.05, 4.69) is 4.98 Å². The topological polar surface area (TPSA) is 98.6 Å². The van der Waals surface area contributed by atoms with E-state index in [1.807, 2.05) is 12.1 Å². The minimum atomic E-state index is -0.570. The van der Waals surface area contributed by atoms with E-state index in [0.717, 1.165) is 24.6 Å². The summed E-state index contributed by atoms with van der Waals surface area (Å²) in [6.45, 7) is 5.25. The molecule has 0 fully saturated rings. The zero-order valence-corrected chi connectivity index (χ0v) is 17.2. The Hall–Kier alpha value is -3.35. The number of rotatable bonds is 5. The first kappa shape index (κ1) is 19.9. The van der Waals surface area contributed by atoms with Crippen LogP contribution in [0.25, 0.3) is 11.0 Å². The molecule has 4 rings (SSSR count). The molecule has 0 unspecified atom stereocenters. The number of benzene rings is 1. The predicted octanol–water partition coefficient (Wildman–Crippen LogP) is 3.76. The molecule has 0 saturated carbocycles. The molecule has 156 valence electrons. The molecule has 1 aromatic carbocycles. The second-order valence-electron chi connectivity index (χ2n) is 7.48. The van der Waals surface area contributed by atoms with Crippen molar-refractivity contribution in [3.8, 4) is 0 Å². The molecule has 0 amide bonds. The SMILES string of the molecule is CCOC(=O)c1[nH]c(C)c(C(=O)OCc2cc(=O)oc3cc4c(cc23)CCC4)c1C. The van der Waals surface area contributed by atoms with Crippen LogP contribution < -0.4 is 5.63 Å². The van der Waals surface area contributed by atoms with E-state index in [1.54, 1.807) is 20.8 Å². The molecule has 7 nitrogen and oxygen atoms in total. The van der Waals surface area contributed by atoms with Gasteiger partial charge in [0.25, 0.3) is 0 Å². The molecular weight excluding hydrogens is 386 g/mol. The Morgan fingerprint density at radius 2 is 1.80 bits per heavy atom. The monoisotopic (exact) mass is 409 g/mol. The summed E-state index contributed by atoms with van der Waals surface area (Å²) in [6, 6.07) is 5.30. The Morgan fingerprint density at radius 1 is 1.07 bits per heavy atom. The van der Waals surface area contributed by atoms with Crippen molar-refractivity contribution in [3.63, 3.8) is 0 Å². The highest BCUT2D eigenvalue weighted by Crippen LogP contribution is 2.29. The molecule has 1 N–H and O–H groups in total. The molecule has 0 atom stereocenters. The first-order valence-electron chi connectivity index (χ1n) is 10.0. The van der Waals surface area contributed by atoms with Crippen LogP contribution in [0, 0.1) is 13.8 Å². The number of hydrogen-bond acceptors (Lipinski definition) is 6. The molecule has 0 spiro atoms. The standard InChI is InChI=1S/C23H23NO6/c1-4-28-23(27)21-12(2)20(13(3)24-21)22(26)29-11-16-10-19(25)30-18-9-15-7-5-6-14(15)8-17(16)18/h8-10,24H,4-7,11H2,1-3H3. The number of aromatic amines is 1. The summed E-state index contributed by atoms with van der Waals surface area (Å²) in [6.07, 6.45) is 3.04. The van der Waals surface area contributed by atoms with E-state index in [9.17, 15) is 14.4 Å². The highest BCUT2D eigenvalue weighted by atomic mass is 16.5. The highest BCUT2D eigenvalue weighted by Gasteiger charge is 2.24. The number of fused-ring (bicyclic) bond motifs is 2. The van der Waals surface area contributed by atoms with Gasteiger partial charge in [-0.15, -0.1) is 0 Å². The minimum Gasteiger partial charge on any atom is -0.461 e. The quantitative estimate of drug-likeness (QED) is 0.509. The fourth-order valence-corrected chi connectivity index (χ4v) is 4.09. The normalized spacial score (nSPS) is 12.8. The van der Waals surface area contributed by atoms with Gasteiger partial charge in [-0.05, 0) is 68.9 Å². The first-order valence-corrected chi connectivity index (χ1v) is 10.0. The molecule has 0 saturated heterocycles. The smallest absolute Gasteiger partial charge is 0.355 e. The van der Waals surface area contributed by atoms with E-state index in [1.165, 1.54) is 17.2 Å². The summed E-state index contributed by atoms with van der Waals surface area (Å²) in [4.78, 5) is 39.7. The number of aromatic nitrogens is 1. The summed E-state index contributed by atoms with van der Waals surface area (Å²) in [5.41, 5.74) is 4.60. The predicted molar refractivity (Wildman–Crippen MR) is 110 cm³/mol. The van der Waals surface area contributed by atoms with Crippen LogP contribution in [0.5, 0.6) is 0 Å². The van der Waals surface area contributed by atoms with Crippen LogP contribution in [0.4, 0.5) is 0 Å². The van der Waals surface area contributed by atoms with E-state index >= 15 is 0 Å². The van der Waals surface area contributed by atoms with Gasteiger partial charge in [0.15, 0.2) is 0 Å². The average Bonchev–Trinajstić information content (AvgIpc) is 3.27. The lowest BCUT2D eigenvalue weighted by atomic mass is 10.0. The Kier molecular flexibility index (Phi) is 5.20. The van der Waals surface area contributed by atoms with Gasteiger partial charge in [-0.1, -0.05) is 0 Å². The van der Waals surface area contributed by atoms with Gasteiger partial charge < -0.3 is 18.9 Å². The minimum absolute atomic E-state index is 0.0709. The van der Waals surface area contributed by atoms with E-state index in [-0.39, 0.29) is 18.9 Å². The second kappa shape index (κ2) is 7.82. The third kappa shape index (κ3) is 3.51. The van der Waals surface area contributed by atoms with Crippen molar-refractivity contribution in [3.05, 3.63) is 67.8 Å². The van der Waals surface area contributed by atoms with Crippen LogP contribution in [-0.4, -0.2) is 23.5 Å². The third-order valence-corrected chi connectivity index (χ3v) is 5.52. The maximum absolute atomic E-state index is 12.8. The van der Waals surface area contributed by atoms with Crippen molar-refractivity contribution >= 4 is 22.9 Å². The summed E-state index contributed by atoms with van der Waals surface area (Å²) in [5.74, 6) is -1.09. The van der Waals surface area contributed by atoms with Gasteiger partial charge >= 0.3 is 17.6 Å². The number of aryl methyl sites for hydroxylation is 3. The molecule has 1 aliphatic carbocycles. The van der Waals surface area contributed by atoms with Crippen molar-refractivity contribution in [1.29, 1.82) is 0 Å². The van der Waals surface area contributed by atoms with Gasteiger partial charge in [-0.25, -0.2) is 14.4 Å². The third-order valence-electron chi connectivity index (χ3n) is 5.52. The van der Waals surface area contributed by atoms with E-state index in [4.69, 9.17) is 13.9 Å². The molecule has 1 aliphatic rings. The number of carbonyl (C=O) groups is 2. The fraction of sp³-hybridized carbons (Fsp3) is 0.348. The van der Waals surface area contributed by atoms with Gasteiger partial charge in [0.1, 0.15) is 17.9 Å². The van der Waals surface area contributed by atoms with Crippen LogP contribution in [0.15, 0.2) is 27.4 Å². The van der Waals surface area contributed by atoms with Crippen LogP contribution in [0.1, 0.15) is 62.1 Å². The lowest BCUT2D eigenvalue weighted by Crippen LogP contribution is -2.10. The largest absolute Gasteiger partial charge is 0.461 e. The number of ether oxygens (including phenoxy) is 2. The van der Waals surface area contributed by atoms with Crippen LogP contribution in [0.3, 0.4) is 0 Å². The van der Waals surface area contributed by atoms with E-state index in [0.29, 0.717) is 28.0 Å². The lowest BCUT2D eigenvalue weighted by Gasteiger charge is -2.09. The number of hydrogen-bond donors (Lipinski definition) is 1. The van der Waals surface area contributed by atoms with Crippen LogP contribution >= 0.6 is 0 Å². The zero-order valence-electron chi connectivity index (χ0n) is 17.2. The molecule has 3 aromatic rings. The van der Waals surface area contributed by atoms with Gasteiger partial charge in [0.2, 0.25) is 0 Å². The Morgan fingerprint density at radius 3 is 2.53 bits per heavy atom. The summed E-state index contributed by atoms with van der Waals surface area (Å²) in [7, 11) is 0. The van der Waals surface area contributed by atoms with Gasteiger partial charge in [0, 0.05) is 22.7 Å². The molecule has 7 heteroatoms. The highest BCUT2D eigenvalue weighted by molar-refractivity contribution is 5.98. The van der Waals surface area contributed by atoms with Gasteiger partial charge in [0.05, 0.1) is 12.2 Å². The molecule has 0 bridgehead atoms. The number of H-pyrrole nitrogens is 1. The van der Waals surface area contributed by atoms with Crippen LogP contribution in [-0.2, 0) is 28.9 Å². The maximum Gasteiger partial charge on any atom is 0.355 e. The van der Waals surface area contributed by atoms with Crippen molar-refractivity contribution in [2.24, 2.45) is 0 Å². The van der Waals surface area contributed by atoms with Gasteiger partial charge in [-0.2, -0.15) is 0 Å². The molecule has 30 heavy (non-hydrogen) atoms. The molecular formula is C23H23NO6. The summed E-state index contributed by atoms with van der Waals surface area (Å²) in [5, 5.41) is 0.776. The van der Waals surface area contributed by atoms with Crippen molar-refractivity contribution in [1.82, 2.24) is 4.98 Å². The fourth-order valence-electron chi connectivity index (χ4n) is 4.09. The Bertz CT molecular complexity index is 1220. The van der Waals surface area contributed by atoms with Gasteiger partial charge in [-0.3, -0.25) is 0 Å². The molecule has 0 aliphatic heterocycles. The van der Waals surface area contributed by atoms with Crippen molar-refractivity contribution in [2.45, 2.75) is 46.6 Å². The average molecular weight is 409 g/mol. The zero-order chi connectivity index (χ0) is 21.4.